The molecule has 188 valence electrons. The highest BCUT2D eigenvalue weighted by molar-refractivity contribution is 7.92. The van der Waals surface area contributed by atoms with E-state index in [-0.39, 0.29) is 12.5 Å². The zero-order valence-electron chi connectivity index (χ0n) is 20.1. The second-order valence-corrected chi connectivity index (χ2v) is 11.1. The van der Waals surface area contributed by atoms with Gasteiger partial charge in [0.2, 0.25) is 10.0 Å². The number of para-hydroxylation sites is 1. The van der Waals surface area contributed by atoms with Crippen molar-refractivity contribution in [3.05, 3.63) is 101 Å². The van der Waals surface area contributed by atoms with Gasteiger partial charge in [-0.2, -0.15) is 0 Å². The first-order chi connectivity index (χ1) is 17.3. The average molecular weight is 525 g/mol. The average Bonchev–Trinajstić information content (AvgIpc) is 2.88. The van der Waals surface area contributed by atoms with Gasteiger partial charge < -0.3 is 10.1 Å². The largest absolute Gasteiger partial charge is 0.455 e. The maximum absolute atomic E-state index is 12.8. The molecule has 0 radical (unpaired) electrons. The monoisotopic (exact) mass is 524 g/mol. The van der Waals surface area contributed by atoms with Gasteiger partial charge in [0.1, 0.15) is 5.75 Å². The van der Waals surface area contributed by atoms with Crippen molar-refractivity contribution in [3.8, 4) is 11.5 Å². The fraction of sp³-hybridized carbons (Fsp3) is 0.250. The van der Waals surface area contributed by atoms with Crippen molar-refractivity contribution in [2.75, 3.05) is 17.1 Å². The van der Waals surface area contributed by atoms with Crippen LogP contribution in [-0.4, -0.2) is 27.1 Å². The number of allylic oxidation sites excluding steroid dienone is 1. The number of benzene rings is 3. The highest BCUT2D eigenvalue weighted by atomic mass is 35.5. The van der Waals surface area contributed by atoms with Crippen LogP contribution in [-0.2, 0) is 16.6 Å². The molecule has 4 rings (SSSR count). The van der Waals surface area contributed by atoms with Crippen molar-refractivity contribution in [2.45, 2.75) is 32.2 Å². The van der Waals surface area contributed by atoms with Crippen molar-refractivity contribution < 1.29 is 17.9 Å². The SMILES string of the molecule is CS(=O)(=O)N(Cc1ccc(C(=O)NCC2=CCCCC2)cc1)c1cc(Cl)ccc1Oc1ccccc1. The molecule has 0 saturated heterocycles. The second kappa shape index (κ2) is 11.6. The van der Waals surface area contributed by atoms with Gasteiger partial charge in [-0.1, -0.05) is 53.6 Å². The normalized spacial score (nSPS) is 13.6. The molecule has 1 amide bonds. The Balaban J connectivity index is 1.52. The summed E-state index contributed by atoms with van der Waals surface area (Å²) in [4.78, 5) is 12.6. The van der Waals surface area contributed by atoms with Gasteiger partial charge in [-0.15, -0.1) is 0 Å². The smallest absolute Gasteiger partial charge is 0.251 e. The fourth-order valence-electron chi connectivity index (χ4n) is 4.06. The van der Waals surface area contributed by atoms with E-state index in [1.54, 1.807) is 54.6 Å². The third-order valence-electron chi connectivity index (χ3n) is 5.96. The van der Waals surface area contributed by atoms with E-state index in [0.29, 0.717) is 34.3 Å². The summed E-state index contributed by atoms with van der Waals surface area (Å²) in [5, 5.41) is 3.36. The molecule has 0 atom stereocenters. The zero-order chi connectivity index (χ0) is 25.5. The molecule has 0 unspecified atom stereocenters. The Hall–Kier alpha value is -3.29. The minimum Gasteiger partial charge on any atom is -0.455 e. The van der Waals surface area contributed by atoms with Crippen molar-refractivity contribution >= 4 is 33.2 Å². The minimum absolute atomic E-state index is 0.0547. The standard InChI is InChI=1S/C28H29ClN2O4S/c1-36(33,34)31(26-18-24(29)16-17-27(26)35-25-10-6-3-7-11-25)20-22-12-14-23(15-13-22)28(32)30-19-21-8-4-2-5-9-21/h3,6-8,10-18H,2,4-5,9,19-20H2,1H3,(H,30,32). The predicted molar refractivity (Wildman–Crippen MR) is 144 cm³/mol. The van der Waals surface area contributed by atoms with Crippen molar-refractivity contribution in [1.29, 1.82) is 0 Å². The zero-order valence-corrected chi connectivity index (χ0v) is 21.7. The van der Waals surface area contributed by atoms with Gasteiger partial charge in [0.15, 0.2) is 5.75 Å². The molecule has 0 heterocycles. The molecule has 0 bridgehead atoms. The summed E-state index contributed by atoms with van der Waals surface area (Å²) in [5.74, 6) is 0.791. The van der Waals surface area contributed by atoms with Crippen molar-refractivity contribution in [1.82, 2.24) is 5.32 Å². The highest BCUT2D eigenvalue weighted by Gasteiger charge is 2.23. The van der Waals surface area contributed by atoms with Gasteiger partial charge in [0.05, 0.1) is 18.5 Å². The Morgan fingerprint density at radius 1 is 1.03 bits per heavy atom. The van der Waals surface area contributed by atoms with E-state index in [9.17, 15) is 13.2 Å². The number of halogens is 1. The topological polar surface area (TPSA) is 75.7 Å². The summed E-state index contributed by atoms with van der Waals surface area (Å²) in [6.07, 6.45) is 7.82. The summed E-state index contributed by atoms with van der Waals surface area (Å²) in [7, 11) is -3.69. The molecule has 0 fully saturated rings. The van der Waals surface area contributed by atoms with Gasteiger partial charge >= 0.3 is 0 Å². The lowest BCUT2D eigenvalue weighted by Crippen LogP contribution is -2.30. The number of nitrogens with one attached hydrogen (secondary N) is 1. The first-order valence-electron chi connectivity index (χ1n) is 11.8. The van der Waals surface area contributed by atoms with Crippen LogP contribution in [0.3, 0.4) is 0 Å². The number of carbonyl (C=O) groups is 1. The first kappa shape index (κ1) is 25.8. The molecular weight excluding hydrogens is 496 g/mol. The van der Waals surface area contributed by atoms with Crippen LogP contribution < -0.4 is 14.4 Å². The van der Waals surface area contributed by atoms with E-state index < -0.39 is 10.0 Å². The van der Waals surface area contributed by atoms with Crippen LogP contribution in [0.15, 0.2) is 84.4 Å². The van der Waals surface area contributed by atoms with Crippen LogP contribution >= 0.6 is 11.6 Å². The minimum atomic E-state index is -3.69. The molecule has 1 aliphatic rings. The number of anilines is 1. The molecule has 3 aromatic carbocycles. The lowest BCUT2D eigenvalue weighted by molar-refractivity contribution is 0.0956. The molecule has 3 aromatic rings. The molecule has 0 aromatic heterocycles. The molecule has 1 aliphatic carbocycles. The molecule has 1 N–H and O–H groups in total. The highest BCUT2D eigenvalue weighted by Crippen LogP contribution is 2.36. The van der Waals surface area contributed by atoms with Gasteiger partial charge in [-0.05, 0) is 73.7 Å². The van der Waals surface area contributed by atoms with E-state index >= 15 is 0 Å². The number of carbonyl (C=O) groups excluding carboxylic acids is 1. The van der Waals surface area contributed by atoms with E-state index in [1.165, 1.54) is 16.3 Å². The summed E-state index contributed by atoms with van der Waals surface area (Å²) in [6, 6.07) is 20.9. The molecule has 6 nitrogen and oxygen atoms in total. The molecule has 0 saturated carbocycles. The number of amides is 1. The fourth-order valence-corrected chi connectivity index (χ4v) is 5.11. The van der Waals surface area contributed by atoms with Gasteiger partial charge in [0.25, 0.3) is 5.91 Å². The van der Waals surface area contributed by atoms with Crippen LogP contribution in [0.25, 0.3) is 0 Å². The molecule has 36 heavy (non-hydrogen) atoms. The third kappa shape index (κ3) is 6.89. The Labute approximate surface area is 217 Å². The number of hydrogen-bond acceptors (Lipinski definition) is 4. The van der Waals surface area contributed by atoms with Gasteiger partial charge in [-0.3, -0.25) is 9.10 Å². The molecule has 8 heteroatoms. The van der Waals surface area contributed by atoms with E-state index in [2.05, 4.69) is 11.4 Å². The van der Waals surface area contributed by atoms with Crippen LogP contribution in [0, 0.1) is 0 Å². The Morgan fingerprint density at radius 2 is 1.78 bits per heavy atom. The summed E-state index contributed by atoms with van der Waals surface area (Å²) < 4.78 is 32.9. The van der Waals surface area contributed by atoms with E-state index in [1.807, 2.05) is 18.2 Å². The van der Waals surface area contributed by atoms with E-state index in [0.717, 1.165) is 31.1 Å². The lowest BCUT2D eigenvalue weighted by atomic mass is 9.99. The second-order valence-electron chi connectivity index (χ2n) is 8.78. The Bertz CT molecular complexity index is 1340. The third-order valence-corrected chi connectivity index (χ3v) is 7.33. The van der Waals surface area contributed by atoms with Crippen molar-refractivity contribution in [3.63, 3.8) is 0 Å². The van der Waals surface area contributed by atoms with Crippen LogP contribution in [0.1, 0.15) is 41.6 Å². The lowest BCUT2D eigenvalue weighted by Gasteiger charge is -2.25. The first-order valence-corrected chi connectivity index (χ1v) is 14.1. The molecule has 0 spiro atoms. The quantitative estimate of drug-likeness (QED) is 0.332. The van der Waals surface area contributed by atoms with E-state index in [4.69, 9.17) is 16.3 Å². The summed E-state index contributed by atoms with van der Waals surface area (Å²) >= 11 is 6.23. The van der Waals surface area contributed by atoms with Crippen LogP contribution in [0.4, 0.5) is 5.69 Å². The number of ether oxygens (including phenoxy) is 1. The van der Waals surface area contributed by atoms with Gasteiger partial charge in [0, 0.05) is 17.1 Å². The van der Waals surface area contributed by atoms with Crippen LogP contribution in [0.5, 0.6) is 11.5 Å². The van der Waals surface area contributed by atoms with Gasteiger partial charge in [-0.25, -0.2) is 8.42 Å². The number of rotatable bonds is 9. The Morgan fingerprint density at radius 3 is 2.44 bits per heavy atom. The molecule has 0 aliphatic heterocycles. The number of nitrogens with zero attached hydrogens (tertiary/aromatic N) is 1. The molecular formula is C28H29ClN2O4S. The van der Waals surface area contributed by atoms with Crippen molar-refractivity contribution in [2.24, 2.45) is 0 Å². The summed E-state index contributed by atoms with van der Waals surface area (Å²) in [6.45, 7) is 0.612. The summed E-state index contributed by atoms with van der Waals surface area (Å²) in [5.41, 5.74) is 2.84. The predicted octanol–water partition coefficient (Wildman–Crippen LogP) is 6.33. The maximum Gasteiger partial charge on any atom is 0.251 e. The number of hydrogen-bond donors (Lipinski definition) is 1. The maximum atomic E-state index is 12.8. The number of sulfonamides is 1. The Kier molecular flexibility index (Phi) is 8.33. The van der Waals surface area contributed by atoms with Crippen LogP contribution in [0.2, 0.25) is 5.02 Å².